The van der Waals surface area contributed by atoms with E-state index in [4.69, 9.17) is 17.3 Å². The molecule has 5 nitrogen and oxygen atoms in total. The molecule has 0 bridgehead atoms. The summed E-state index contributed by atoms with van der Waals surface area (Å²) in [4.78, 5) is 12.2. The van der Waals surface area contributed by atoms with Crippen molar-refractivity contribution >= 4 is 22.8 Å². The van der Waals surface area contributed by atoms with Gasteiger partial charge in [0, 0.05) is 28.7 Å². The molecule has 96 valence electrons. The number of hydrogen-bond donors (Lipinski definition) is 1. The number of benzene rings is 1. The molecule has 0 radical (unpaired) electrons. The number of nitrogens with zero attached hydrogens (tertiary/aromatic N) is 3. The molecule has 1 aromatic carbocycles. The normalized spacial score (nSPS) is 11.0. The lowest BCUT2D eigenvalue weighted by Crippen LogP contribution is -2.22. The van der Waals surface area contributed by atoms with Gasteiger partial charge in [-0.3, -0.25) is 4.79 Å². The first-order valence-corrected chi connectivity index (χ1v) is 6.10. The Morgan fingerprint density at radius 2 is 2.11 bits per heavy atom. The van der Waals surface area contributed by atoms with Crippen molar-refractivity contribution in [3.05, 3.63) is 63.8 Å². The van der Waals surface area contributed by atoms with Crippen LogP contribution in [0.15, 0.2) is 47.7 Å². The van der Waals surface area contributed by atoms with Crippen LogP contribution in [0, 0.1) is 0 Å². The Balaban J connectivity index is 2.11. The molecule has 0 saturated heterocycles. The topological polar surface area (TPSA) is 65.3 Å². The third-order valence-corrected chi connectivity index (χ3v) is 3.38. The summed E-state index contributed by atoms with van der Waals surface area (Å²) in [5.74, 6) is 0. The summed E-state index contributed by atoms with van der Waals surface area (Å²) in [6, 6.07) is 6.98. The fraction of sp³-hybridized carbons (Fsp3) is 0.0769. The number of anilines is 1. The Morgan fingerprint density at radius 3 is 2.89 bits per heavy atom. The molecule has 0 spiro atoms. The van der Waals surface area contributed by atoms with Crippen LogP contribution in [-0.2, 0) is 6.54 Å². The molecule has 0 aliphatic carbocycles. The summed E-state index contributed by atoms with van der Waals surface area (Å²) in [7, 11) is 0. The van der Waals surface area contributed by atoms with Crippen LogP contribution in [0.2, 0.25) is 5.02 Å². The molecular weight excluding hydrogens is 264 g/mol. The Labute approximate surface area is 113 Å². The van der Waals surface area contributed by atoms with Crippen LogP contribution in [0.25, 0.3) is 5.52 Å². The number of rotatable bonds is 2. The molecule has 19 heavy (non-hydrogen) atoms. The van der Waals surface area contributed by atoms with Crippen LogP contribution in [0.1, 0.15) is 5.56 Å². The number of nitrogen functional groups attached to an aromatic ring is 1. The first-order chi connectivity index (χ1) is 9.16. The van der Waals surface area contributed by atoms with Gasteiger partial charge in [0.05, 0.1) is 12.7 Å². The van der Waals surface area contributed by atoms with Gasteiger partial charge >= 0.3 is 0 Å². The summed E-state index contributed by atoms with van der Waals surface area (Å²) in [6.07, 6.45) is 4.99. The molecule has 0 atom stereocenters. The van der Waals surface area contributed by atoms with E-state index in [-0.39, 0.29) is 5.56 Å². The molecule has 0 amide bonds. The fourth-order valence-electron chi connectivity index (χ4n) is 2.00. The smallest absolute Gasteiger partial charge is 0.276 e. The van der Waals surface area contributed by atoms with Gasteiger partial charge in [-0.05, 0) is 18.2 Å². The fourth-order valence-corrected chi connectivity index (χ4v) is 2.24. The molecule has 0 unspecified atom stereocenters. The Bertz CT molecular complexity index is 786. The molecule has 2 N–H and O–H groups in total. The number of aromatic nitrogens is 3. The van der Waals surface area contributed by atoms with E-state index in [0.717, 1.165) is 5.56 Å². The van der Waals surface area contributed by atoms with Crippen molar-refractivity contribution in [1.82, 2.24) is 14.2 Å². The predicted octanol–water partition coefficient (Wildman–Crippen LogP) is 1.78. The second-order valence-electron chi connectivity index (χ2n) is 4.20. The lowest BCUT2D eigenvalue weighted by Gasteiger charge is -2.10. The van der Waals surface area contributed by atoms with Crippen molar-refractivity contribution in [2.24, 2.45) is 0 Å². The quantitative estimate of drug-likeness (QED) is 0.725. The van der Waals surface area contributed by atoms with Crippen molar-refractivity contribution in [2.75, 3.05) is 5.73 Å². The highest BCUT2D eigenvalue weighted by Gasteiger charge is 2.08. The van der Waals surface area contributed by atoms with Crippen molar-refractivity contribution in [3.63, 3.8) is 0 Å². The average molecular weight is 275 g/mol. The molecule has 2 aromatic heterocycles. The van der Waals surface area contributed by atoms with Crippen LogP contribution < -0.4 is 11.3 Å². The van der Waals surface area contributed by atoms with Crippen LogP contribution in [0.3, 0.4) is 0 Å². The first kappa shape index (κ1) is 11.8. The molecular formula is C13H11ClN4O. The van der Waals surface area contributed by atoms with Gasteiger partial charge in [0.1, 0.15) is 5.52 Å². The second kappa shape index (κ2) is 4.44. The Kier molecular flexibility index (Phi) is 2.76. The van der Waals surface area contributed by atoms with Crippen molar-refractivity contribution in [2.45, 2.75) is 6.54 Å². The molecule has 0 saturated carbocycles. The number of fused-ring (bicyclic) bond motifs is 1. The number of hydrogen-bond acceptors (Lipinski definition) is 3. The monoisotopic (exact) mass is 274 g/mol. The van der Waals surface area contributed by atoms with E-state index in [1.165, 1.54) is 4.52 Å². The summed E-state index contributed by atoms with van der Waals surface area (Å²) >= 11 is 6.12. The minimum atomic E-state index is -0.126. The third kappa shape index (κ3) is 1.98. The van der Waals surface area contributed by atoms with Gasteiger partial charge in [-0.1, -0.05) is 17.7 Å². The van der Waals surface area contributed by atoms with Gasteiger partial charge in [0.15, 0.2) is 0 Å². The third-order valence-electron chi connectivity index (χ3n) is 3.02. The van der Waals surface area contributed by atoms with E-state index in [0.29, 0.717) is 22.8 Å². The molecule has 6 heteroatoms. The zero-order valence-electron chi connectivity index (χ0n) is 9.95. The van der Waals surface area contributed by atoms with Gasteiger partial charge in [-0.15, -0.1) is 0 Å². The van der Waals surface area contributed by atoms with Gasteiger partial charge in [-0.25, -0.2) is 4.52 Å². The zero-order chi connectivity index (χ0) is 13.4. The van der Waals surface area contributed by atoms with E-state index in [1.54, 1.807) is 47.4 Å². The van der Waals surface area contributed by atoms with Gasteiger partial charge < -0.3 is 10.3 Å². The van der Waals surface area contributed by atoms with Gasteiger partial charge in [-0.2, -0.15) is 5.10 Å². The molecule has 3 aromatic rings. The Hall–Kier alpha value is -2.27. The summed E-state index contributed by atoms with van der Waals surface area (Å²) in [5, 5.41) is 4.57. The van der Waals surface area contributed by atoms with Crippen molar-refractivity contribution < 1.29 is 0 Å². The molecule has 0 aliphatic rings. The second-order valence-corrected chi connectivity index (χ2v) is 4.61. The maximum absolute atomic E-state index is 12.2. The average Bonchev–Trinajstić information content (AvgIpc) is 2.85. The number of halogens is 1. The molecule has 2 heterocycles. The SMILES string of the molecule is Nc1cccc(Cl)c1Cn1ccn2nccc2c1=O. The maximum Gasteiger partial charge on any atom is 0.276 e. The highest BCUT2D eigenvalue weighted by atomic mass is 35.5. The maximum atomic E-state index is 12.2. The minimum Gasteiger partial charge on any atom is -0.398 e. The standard InChI is InChI=1S/C13H11ClN4O/c14-10-2-1-3-11(15)9(10)8-17-6-7-18-12(13(17)19)4-5-16-18/h1-7H,8,15H2. The summed E-state index contributed by atoms with van der Waals surface area (Å²) < 4.78 is 3.10. The zero-order valence-corrected chi connectivity index (χ0v) is 10.7. The van der Waals surface area contributed by atoms with Crippen LogP contribution in [-0.4, -0.2) is 14.2 Å². The van der Waals surface area contributed by atoms with Gasteiger partial charge in [0.2, 0.25) is 0 Å². The number of nitrogens with two attached hydrogens (primary N) is 1. The van der Waals surface area contributed by atoms with Crippen molar-refractivity contribution in [1.29, 1.82) is 0 Å². The van der Waals surface area contributed by atoms with Crippen LogP contribution in [0.5, 0.6) is 0 Å². The van der Waals surface area contributed by atoms with Crippen LogP contribution in [0.4, 0.5) is 5.69 Å². The highest BCUT2D eigenvalue weighted by molar-refractivity contribution is 6.31. The van der Waals surface area contributed by atoms with E-state index < -0.39 is 0 Å². The molecule has 0 aliphatic heterocycles. The summed E-state index contributed by atoms with van der Waals surface area (Å²) in [6.45, 7) is 0.339. The lowest BCUT2D eigenvalue weighted by atomic mass is 10.2. The molecule has 3 rings (SSSR count). The van der Waals surface area contributed by atoms with E-state index in [9.17, 15) is 4.79 Å². The minimum absolute atomic E-state index is 0.126. The highest BCUT2D eigenvalue weighted by Crippen LogP contribution is 2.22. The van der Waals surface area contributed by atoms with Crippen LogP contribution >= 0.6 is 11.6 Å². The molecule has 0 fully saturated rings. The van der Waals surface area contributed by atoms with E-state index in [2.05, 4.69) is 5.10 Å². The predicted molar refractivity (Wildman–Crippen MR) is 74.4 cm³/mol. The van der Waals surface area contributed by atoms with E-state index >= 15 is 0 Å². The van der Waals surface area contributed by atoms with Crippen molar-refractivity contribution in [3.8, 4) is 0 Å². The lowest BCUT2D eigenvalue weighted by molar-refractivity contribution is 0.744. The largest absolute Gasteiger partial charge is 0.398 e. The first-order valence-electron chi connectivity index (χ1n) is 5.72. The summed E-state index contributed by atoms with van der Waals surface area (Å²) in [5.41, 5.74) is 7.61. The Morgan fingerprint density at radius 1 is 1.26 bits per heavy atom. The van der Waals surface area contributed by atoms with E-state index in [1.807, 2.05) is 0 Å². The van der Waals surface area contributed by atoms with Gasteiger partial charge in [0.25, 0.3) is 5.56 Å².